The molecule has 0 amide bonds. The minimum absolute atomic E-state index is 0.727. The topological polar surface area (TPSA) is 12.0 Å². The van der Waals surface area contributed by atoms with Gasteiger partial charge >= 0.3 is 0 Å². The minimum Gasteiger partial charge on any atom is -0.319 e. The lowest BCUT2D eigenvalue weighted by Crippen LogP contribution is -2.16. The maximum Gasteiger partial charge on any atom is -0.00234 e. The average Bonchev–Trinajstić information content (AvgIpc) is 1.68. The third-order valence-electron chi connectivity index (χ3n) is 1.16. The maximum atomic E-state index is 3.12. The van der Waals surface area contributed by atoms with Crippen LogP contribution in [0.5, 0.6) is 0 Å². The number of nitrogens with one attached hydrogen (secondary N) is 1. The molecule has 1 nitrogen and oxygen atoms in total. The molecule has 0 aliphatic rings. The summed E-state index contributed by atoms with van der Waals surface area (Å²) in [6.45, 7) is 5.50. The molecule has 0 saturated carbocycles. The molecule has 0 bridgehead atoms. The van der Waals surface area contributed by atoms with Crippen molar-refractivity contribution in [2.75, 3.05) is 13.6 Å². The lowest BCUT2D eigenvalue weighted by Gasteiger charge is -2.06. The second-order valence-corrected chi connectivity index (χ2v) is 2.18. The van der Waals surface area contributed by atoms with Gasteiger partial charge < -0.3 is 5.32 Å². The highest BCUT2D eigenvalue weighted by molar-refractivity contribution is 4.71. The molecule has 1 unspecified atom stereocenters. The van der Waals surface area contributed by atoms with E-state index in [0.717, 1.165) is 12.5 Å². The molecule has 0 aromatic rings. The molecule has 1 heteroatoms. The van der Waals surface area contributed by atoms with Crippen LogP contribution in [0.2, 0.25) is 0 Å². The molecule has 0 rings (SSSR count). The van der Waals surface area contributed by atoms with Gasteiger partial charge in [0.1, 0.15) is 0 Å². The zero-order chi connectivity index (χ0) is 6.41. The summed E-state index contributed by atoms with van der Waals surface area (Å²) in [5.41, 5.74) is 0. The van der Waals surface area contributed by atoms with Gasteiger partial charge in [0.15, 0.2) is 0 Å². The van der Waals surface area contributed by atoms with Crippen LogP contribution in [-0.4, -0.2) is 13.6 Å². The van der Waals surface area contributed by atoms with Crippen LogP contribution in [0.3, 0.4) is 0 Å². The monoisotopic (exact) mass is 114 g/mol. The van der Waals surface area contributed by atoms with E-state index >= 15 is 0 Å². The molecule has 0 aromatic heterocycles. The molecule has 8 heavy (non-hydrogen) atoms. The summed E-state index contributed by atoms with van der Waals surface area (Å²) in [6, 6.07) is 0. The van der Waals surface area contributed by atoms with E-state index in [9.17, 15) is 0 Å². The number of hydrogen-bond acceptors (Lipinski definition) is 1. The van der Waals surface area contributed by atoms with Crippen LogP contribution in [0.25, 0.3) is 0 Å². The second kappa shape index (κ2) is 5.10. The van der Waals surface area contributed by atoms with Gasteiger partial charge in [-0.3, -0.25) is 0 Å². The summed E-state index contributed by atoms with van der Waals surface area (Å²) >= 11 is 0. The van der Waals surface area contributed by atoms with Crippen LogP contribution in [0.4, 0.5) is 0 Å². The fourth-order valence-corrected chi connectivity index (χ4v) is 0.808. The Morgan fingerprint density at radius 3 is 2.62 bits per heavy atom. The summed E-state index contributed by atoms with van der Waals surface area (Å²) in [6.07, 6.45) is 3.50. The largest absolute Gasteiger partial charge is 0.319 e. The Morgan fingerprint density at radius 1 is 1.62 bits per heavy atom. The zero-order valence-corrected chi connectivity index (χ0v) is 6.07. The number of hydrogen-bond donors (Lipinski definition) is 1. The fourth-order valence-electron chi connectivity index (χ4n) is 0.808. The van der Waals surface area contributed by atoms with Crippen LogP contribution in [0, 0.1) is 12.3 Å². The molecular formula is C7H16N. The van der Waals surface area contributed by atoms with Crippen molar-refractivity contribution in [3.8, 4) is 0 Å². The van der Waals surface area contributed by atoms with Crippen LogP contribution in [0.15, 0.2) is 0 Å². The summed E-state index contributed by atoms with van der Waals surface area (Å²) < 4.78 is 0. The maximum absolute atomic E-state index is 3.12. The minimum atomic E-state index is 0.727. The molecule has 0 aliphatic carbocycles. The van der Waals surface area contributed by atoms with E-state index in [4.69, 9.17) is 0 Å². The Kier molecular flexibility index (Phi) is 5.08. The van der Waals surface area contributed by atoms with Gasteiger partial charge in [0.2, 0.25) is 0 Å². The predicted molar refractivity (Wildman–Crippen MR) is 37.7 cm³/mol. The van der Waals surface area contributed by atoms with Gasteiger partial charge in [-0.1, -0.05) is 20.3 Å². The van der Waals surface area contributed by atoms with Gasteiger partial charge in [-0.25, -0.2) is 0 Å². The zero-order valence-electron chi connectivity index (χ0n) is 6.07. The van der Waals surface area contributed by atoms with Crippen LogP contribution in [-0.2, 0) is 0 Å². The van der Waals surface area contributed by atoms with E-state index in [-0.39, 0.29) is 0 Å². The van der Waals surface area contributed by atoms with Crippen molar-refractivity contribution in [2.45, 2.75) is 20.3 Å². The van der Waals surface area contributed by atoms with Crippen LogP contribution >= 0.6 is 0 Å². The van der Waals surface area contributed by atoms with E-state index in [1.807, 2.05) is 7.05 Å². The first-order chi connectivity index (χ1) is 3.81. The Morgan fingerprint density at radius 2 is 2.25 bits per heavy atom. The third-order valence-corrected chi connectivity index (χ3v) is 1.16. The standard InChI is InChI=1S/C7H16N/c1-4-5-7(2)6-8-3/h5,7-8H,4,6H2,1-3H3. The first kappa shape index (κ1) is 7.96. The summed E-state index contributed by atoms with van der Waals surface area (Å²) in [4.78, 5) is 0. The molecule has 0 heterocycles. The lowest BCUT2D eigenvalue weighted by atomic mass is 10.1. The van der Waals surface area contributed by atoms with Gasteiger partial charge in [0.25, 0.3) is 0 Å². The Balaban J connectivity index is 2.92. The van der Waals surface area contributed by atoms with Crippen molar-refractivity contribution in [3.63, 3.8) is 0 Å². The van der Waals surface area contributed by atoms with Crippen molar-refractivity contribution in [1.29, 1.82) is 0 Å². The average molecular weight is 114 g/mol. The quantitative estimate of drug-likeness (QED) is 0.583. The van der Waals surface area contributed by atoms with Crippen molar-refractivity contribution < 1.29 is 0 Å². The molecule has 0 spiro atoms. The Hall–Kier alpha value is -0.0400. The van der Waals surface area contributed by atoms with Crippen LogP contribution < -0.4 is 5.32 Å². The van der Waals surface area contributed by atoms with E-state index in [0.29, 0.717) is 0 Å². The summed E-state index contributed by atoms with van der Waals surface area (Å²) in [7, 11) is 1.99. The SMILES string of the molecule is CC[CH]C(C)CNC. The van der Waals surface area contributed by atoms with Crippen molar-refractivity contribution in [3.05, 3.63) is 6.42 Å². The van der Waals surface area contributed by atoms with E-state index < -0.39 is 0 Å². The van der Waals surface area contributed by atoms with Gasteiger partial charge in [-0.05, 0) is 25.9 Å². The predicted octanol–water partition coefficient (Wildman–Crippen LogP) is 1.46. The van der Waals surface area contributed by atoms with Crippen molar-refractivity contribution >= 4 is 0 Å². The van der Waals surface area contributed by atoms with E-state index in [1.165, 1.54) is 6.42 Å². The lowest BCUT2D eigenvalue weighted by molar-refractivity contribution is 0.596. The number of rotatable bonds is 4. The summed E-state index contributed by atoms with van der Waals surface area (Å²) in [5, 5.41) is 3.12. The van der Waals surface area contributed by atoms with Crippen molar-refractivity contribution in [1.82, 2.24) is 5.32 Å². The van der Waals surface area contributed by atoms with E-state index in [2.05, 4.69) is 25.6 Å². The second-order valence-electron chi connectivity index (χ2n) is 2.18. The molecule has 1 atom stereocenters. The third kappa shape index (κ3) is 4.13. The Labute approximate surface area is 52.5 Å². The molecular weight excluding hydrogens is 98.1 g/mol. The van der Waals surface area contributed by atoms with E-state index in [1.54, 1.807) is 0 Å². The first-order valence-electron chi connectivity index (χ1n) is 3.29. The summed E-state index contributed by atoms with van der Waals surface area (Å²) in [5.74, 6) is 0.727. The molecule has 0 aliphatic heterocycles. The molecule has 0 fully saturated rings. The highest BCUT2D eigenvalue weighted by Crippen LogP contribution is 1.99. The molecule has 1 N–H and O–H groups in total. The fraction of sp³-hybridized carbons (Fsp3) is 0.857. The normalized spacial score (nSPS) is 13.9. The molecule has 1 radical (unpaired) electrons. The first-order valence-corrected chi connectivity index (χ1v) is 3.29. The highest BCUT2D eigenvalue weighted by Gasteiger charge is 1.95. The molecule has 49 valence electrons. The highest BCUT2D eigenvalue weighted by atomic mass is 14.8. The van der Waals surface area contributed by atoms with Gasteiger partial charge in [-0.2, -0.15) is 0 Å². The van der Waals surface area contributed by atoms with Crippen molar-refractivity contribution in [2.24, 2.45) is 5.92 Å². The smallest absolute Gasteiger partial charge is 0.00234 e. The molecule has 0 aromatic carbocycles. The van der Waals surface area contributed by atoms with Gasteiger partial charge in [0.05, 0.1) is 0 Å². The molecule has 0 saturated heterocycles. The van der Waals surface area contributed by atoms with Gasteiger partial charge in [-0.15, -0.1) is 0 Å². The van der Waals surface area contributed by atoms with Gasteiger partial charge in [0, 0.05) is 0 Å². The van der Waals surface area contributed by atoms with Crippen LogP contribution in [0.1, 0.15) is 20.3 Å². The Bertz CT molecular complexity index is 37.7.